The molecule has 15 heavy (non-hydrogen) atoms. The molecule has 2 N–H and O–H groups in total. The van der Waals surface area contributed by atoms with Gasteiger partial charge in [-0.25, -0.2) is 0 Å². The van der Waals surface area contributed by atoms with Gasteiger partial charge in [0.15, 0.2) is 0 Å². The molecule has 0 radical (unpaired) electrons. The zero-order valence-electron chi connectivity index (χ0n) is 10.8. The van der Waals surface area contributed by atoms with Gasteiger partial charge in [0.25, 0.3) is 0 Å². The lowest BCUT2D eigenvalue weighted by Gasteiger charge is -2.40. The second kappa shape index (κ2) is 5.28. The van der Waals surface area contributed by atoms with Gasteiger partial charge in [0.05, 0.1) is 0 Å². The van der Waals surface area contributed by atoms with E-state index in [0.29, 0.717) is 0 Å². The molecule has 0 aromatic rings. The molecule has 1 atom stereocenters. The van der Waals surface area contributed by atoms with Crippen molar-refractivity contribution in [3.05, 3.63) is 0 Å². The highest BCUT2D eigenvalue weighted by atomic mass is 15.3. The summed E-state index contributed by atoms with van der Waals surface area (Å²) in [7, 11) is 2.23. The maximum absolute atomic E-state index is 6.01. The highest BCUT2D eigenvalue weighted by molar-refractivity contribution is 4.81. The monoisotopic (exact) mass is 213 g/mol. The molecular weight excluding hydrogens is 186 g/mol. The molecular formula is C12H27N3. The molecule has 0 aromatic carbocycles. The maximum atomic E-state index is 6.01. The van der Waals surface area contributed by atoms with Crippen LogP contribution in [0.2, 0.25) is 0 Å². The standard InChI is InChI=1S/C12H27N3/c1-5-11-10-15(9-8-14(11)4)7-6-12(2,3)13/h11H,5-10,13H2,1-4H3. The molecule has 0 saturated carbocycles. The van der Waals surface area contributed by atoms with E-state index >= 15 is 0 Å². The van der Waals surface area contributed by atoms with E-state index < -0.39 is 0 Å². The highest BCUT2D eigenvalue weighted by Crippen LogP contribution is 2.13. The predicted molar refractivity (Wildman–Crippen MR) is 66.0 cm³/mol. The van der Waals surface area contributed by atoms with Crippen molar-refractivity contribution in [1.29, 1.82) is 0 Å². The highest BCUT2D eigenvalue weighted by Gasteiger charge is 2.23. The van der Waals surface area contributed by atoms with Gasteiger partial charge < -0.3 is 15.5 Å². The molecule has 0 aromatic heterocycles. The van der Waals surface area contributed by atoms with Gasteiger partial charge in [-0.2, -0.15) is 0 Å². The van der Waals surface area contributed by atoms with Crippen LogP contribution in [-0.4, -0.2) is 54.6 Å². The fourth-order valence-corrected chi connectivity index (χ4v) is 2.10. The average Bonchev–Trinajstić information content (AvgIpc) is 2.15. The first-order valence-corrected chi connectivity index (χ1v) is 6.14. The Morgan fingerprint density at radius 2 is 2.00 bits per heavy atom. The summed E-state index contributed by atoms with van der Waals surface area (Å²) in [6.45, 7) is 11.3. The van der Waals surface area contributed by atoms with Crippen LogP contribution in [0.15, 0.2) is 0 Å². The molecule has 1 fully saturated rings. The summed E-state index contributed by atoms with van der Waals surface area (Å²) >= 11 is 0. The maximum Gasteiger partial charge on any atom is 0.0218 e. The second-order valence-corrected chi connectivity index (χ2v) is 5.58. The summed E-state index contributed by atoms with van der Waals surface area (Å²) in [6, 6.07) is 0.736. The number of rotatable bonds is 4. The molecule has 1 heterocycles. The van der Waals surface area contributed by atoms with E-state index in [0.717, 1.165) is 19.0 Å². The quantitative estimate of drug-likeness (QED) is 0.760. The second-order valence-electron chi connectivity index (χ2n) is 5.58. The number of hydrogen-bond donors (Lipinski definition) is 1. The Morgan fingerprint density at radius 3 is 2.53 bits per heavy atom. The van der Waals surface area contributed by atoms with Crippen LogP contribution in [0.3, 0.4) is 0 Å². The molecule has 0 aliphatic carbocycles. The van der Waals surface area contributed by atoms with Crippen LogP contribution < -0.4 is 5.73 Å². The lowest BCUT2D eigenvalue weighted by Crippen LogP contribution is -2.52. The normalized spacial score (nSPS) is 25.8. The zero-order chi connectivity index (χ0) is 11.5. The smallest absolute Gasteiger partial charge is 0.0218 e. The van der Waals surface area contributed by atoms with Crippen LogP contribution in [0.1, 0.15) is 33.6 Å². The lowest BCUT2D eigenvalue weighted by molar-refractivity contribution is 0.0886. The van der Waals surface area contributed by atoms with Gasteiger partial charge in [-0.1, -0.05) is 6.92 Å². The molecule has 90 valence electrons. The van der Waals surface area contributed by atoms with Crippen LogP contribution in [0.4, 0.5) is 0 Å². The van der Waals surface area contributed by atoms with Crippen molar-refractivity contribution >= 4 is 0 Å². The third-order valence-corrected chi connectivity index (χ3v) is 3.40. The summed E-state index contributed by atoms with van der Waals surface area (Å²) in [5.41, 5.74) is 5.99. The number of nitrogens with two attached hydrogens (primary N) is 1. The van der Waals surface area contributed by atoms with Crippen molar-refractivity contribution in [2.75, 3.05) is 33.2 Å². The first-order chi connectivity index (χ1) is 6.92. The van der Waals surface area contributed by atoms with Gasteiger partial charge in [0, 0.05) is 31.2 Å². The number of likely N-dealkylation sites (N-methyl/N-ethyl adjacent to an activating group) is 1. The minimum atomic E-state index is -0.0228. The summed E-state index contributed by atoms with van der Waals surface area (Å²) < 4.78 is 0. The molecule has 1 unspecified atom stereocenters. The average molecular weight is 213 g/mol. The Balaban J connectivity index is 2.32. The third kappa shape index (κ3) is 4.49. The lowest BCUT2D eigenvalue weighted by atomic mass is 10.0. The Kier molecular flexibility index (Phi) is 4.56. The molecule has 0 bridgehead atoms. The van der Waals surface area contributed by atoms with Crippen LogP contribution >= 0.6 is 0 Å². The van der Waals surface area contributed by atoms with E-state index in [-0.39, 0.29) is 5.54 Å². The summed E-state index contributed by atoms with van der Waals surface area (Å²) in [4.78, 5) is 5.03. The minimum Gasteiger partial charge on any atom is -0.326 e. The van der Waals surface area contributed by atoms with E-state index in [1.165, 1.54) is 26.1 Å². The van der Waals surface area contributed by atoms with E-state index in [1.54, 1.807) is 0 Å². The van der Waals surface area contributed by atoms with Crippen LogP contribution in [-0.2, 0) is 0 Å². The summed E-state index contributed by atoms with van der Waals surface area (Å²) in [6.07, 6.45) is 2.34. The Labute approximate surface area is 94.6 Å². The Morgan fingerprint density at radius 1 is 1.33 bits per heavy atom. The third-order valence-electron chi connectivity index (χ3n) is 3.40. The number of piperazine rings is 1. The van der Waals surface area contributed by atoms with Crippen LogP contribution in [0.5, 0.6) is 0 Å². The predicted octanol–water partition coefficient (Wildman–Crippen LogP) is 1.14. The van der Waals surface area contributed by atoms with Gasteiger partial charge in [0.2, 0.25) is 0 Å². The first kappa shape index (κ1) is 12.9. The molecule has 3 nitrogen and oxygen atoms in total. The SMILES string of the molecule is CCC1CN(CCC(C)(C)N)CCN1C. The van der Waals surface area contributed by atoms with Crippen molar-refractivity contribution in [1.82, 2.24) is 9.80 Å². The van der Waals surface area contributed by atoms with Crippen molar-refractivity contribution in [2.45, 2.75) is 45.2 Å². The van der Waals surface area contributed by atoms with Crippen molar-refractivity contribution in [3.8, 4) is 0 Å². The van der Waals surface area contributed by atoms with Gasteiger partial charge in [-0.15, -0.1) is 0 Å². The van der Waals surface area contributed by atoms with Gasteiger partial charge in [-0.05, 0) is 40.3 Å². The van der Waals surface area contributed by atoms with Gasteiger partial charge in [-0.3, -0.25) is 0 Å². The molecule has 0 amide bonds. The number of hydrogen-bond acceptors (Lipinski definition) is 3. The van der Waals surface area contributed by atoms with Gasteiger partial charge in [0.1, 0.15) is 0 Å². The van der Waals surface area contributed by atoms with Crippen molar-refractivity contribution < 1.29 is 0 Å². The Bertz CT molecular complexity index is 186. The van der Waals surface area contributed by atoms with E-state index in [1.807, 2.05) is 0 Å². The molecule has 1 saturated heterocycles. The molecule has 1 aliphatic rings. The first-order valence-electron chi connectivity index (χ1n) is 6.14. The van der Waals surface area contributed by atoms with E-state index in [4.69, 9.17) is 5.73 Å². The van der Waals surface area contributed by atoms with Crippen molar-refractivity contribution in [2.24, 2.45) is 5.73 Å². The fraction of sp³-hybridized carbons (Fsp3) is 1.00. The molecule has 3 heteroatoms. The van der Waals surface area contributed by atoms with E-state index in [9.17, 15) is 0 Å². The molecule has 1 rings (SSSR count). The molecule has 1 aliphatic heterocycles. The minimum absolute atomic E-state index is 0.0228. The van der Waals surface area contributed by atoms with Crippen LogP contribution in [0, 0.1) is 0 Å². The topological polar surface area (TPSA) is 32.5 Å². The summed E-state index contributed by atoms with van der Waals surface area (Å²) in [5.74, 6) is 0. The van der Waals surface area contributed by atoms with Crippen molar-refractivity contribution in [3.63, 3.8) is 0 Å². The van der Waals surface area contributed by atoms with Crippen LogP contribution in [0.25, 0.3) is 0 Å². The van der Waals surface area contributed by atoms with Gasteiger partial charge >= 0.3 is 0 Å². The van der Waals surface area contributed by atoms with E-state index in [2.05, 4.69) is 37.6 Å². The zero-order valence-corrected chi connectivity index (χ0v) is 10.8. The summed E-state index contributed by atoms with van der Waals surface area (Å²) in [5, 5.41) is 0. The fourth-order valence-electron chi connectivity index (χ4n) is 2.10. The number of nitrogens with zero attached hydrogens (tertiary/aromatic N) is 2. The molecule has 0 spiro atoms. The Hall–Kier alpha value is -0.120. The largest absolute Gasteiger partial charge is 0.326 e.